The van der Waals surface area contributed by atoms with Gasteiger partial charge in [0.15, 0.2) is 0 Å². The summed E-state index contributed by atoms with van der Waals surface area (Å²) in [5, 5.41) is 3.43. The first-order valence-corrected chi connectivity index (χ1v) is 5.77. The van der Waals surface area contributed by atoms with Crippen LogP contribution in [0.15, 0.2) is 0 Å². The quantitative estimate of drug-likeness (QED) is 0.722. The van der Waals surface area contributed by atoms with Gasteiger partial charge in [-0.25, -0.2) is 0 Å². The fourth-order valence-corrected chi connectivity index (χ4v) is 2.39. The molecule has 1 atom stereocenters. The number of nitrogens with one attached hydrogen (secondary N) is 1. The second-order valence-corrected chi connectivity index (χ2v) is 4.45. The highest BCUT2D eigenvalue weighted by molar-refractivity contribution is 4.71. The number of ether oxygens (including phenoxy) is 1. The summed E-state index contributed by atoms with van der Waals surface area (Å²) in [6, 6.07) is 0. The molecule has 1 aliphatic heterocycles. The van der Waals surface area contributed by atoms with Crippen molar-refractivity contribution in [3.63, 3.8) is 0 Å². The van der Waals surface area contributed by atoms with E-state index in [0.29, 0.717) is 6.10 Å². The lowest BCUT2D eigenvalue weighted by Gasteiger charge is -2.24. The van der Waals surface area contributed by atoms with E-state index in [1.807, 2.05) is 0 Å². The van der Waals surface area contributed by atoms with Crippen LogP contribution in [0, 0.1) is 5.92 Å². The first kappa shape index (κ1) is 9.47. The molecule has 0 bridgehead atoms. The van der Waals surface area contributed by atoms with Crippen LogP contribution in [-0.4, -0.2) is 25.8 Å². The van der Waals surface area contributed by atoms with Crippen molar-refractivity contribution < 1.29 is 4.74 Å². The average Bonchev–Trinajstić information content (AvgIpc) is 2.69. The van der Waals surface area contributed by atoms with Gasteiger partial charge >= 0.3 is 0 Å². The zero-order chi connectivity index (χ0) is 8.93. The number of rotatable bonds is 3. The Morgan fingerprint density at radius 2 is 1.92 bits per heavy atom. The van der Waals surface area contributed by atoms with Crippen molar-refractivity contribution >= 4 is 0 Å². The summed E-state index contributed by atoms with van der Waals surface area (Å²) in [6.07, 6.45) is 8.67. The van der Waals surface area contributed by atoms with E-state index < -0.39 is 0 Å². The van der Waals surface area contributed by atoms with Crippen molar-refractivity contribution in [1.82, 2.24) is 5.32 Å². The van der Waals surface area contributed by atoms with Gasteiger partial charge in [-0.15, -0.1) is 0 Å². The molecule has 0 amide bonds. The standard InChI is InChI=1S/C11H21NO/c1-2-6-11(5-1)13-9-10-4-3-7-12-8-10/h10-12H,1-9H2/t10-/m0/s1. The molecule has 0 spiro atoms. The number of piperidine rings is 1. The summed E-state index contributed by atoms with van der Waals surface area (Å²) >= 11 is 0. The third-order valence-electron chi connectivity index (χ3n) is 3.27. The molecule has 0 radical (unpaired) electrons. The fourth-order valence-electron chi connectivity index (χ4n) is 2.39. The first-order valence-electron chi connectivity index (χ1n) is 5.77. The fraction of sp³-hybridized carbons (Fsp3) is 1.00. The van der Waals surface area contributed by atoms with Crippen LogP contribution in [0.1, 0.15) is 38.5 Å². The Morgan fingerprint density at radius 1 is 1.08 bits per heavy atom. The van der Waals surface area contributed by atoms with Crippen molar-refractivity contribution in [1.29, 1.82) is 0 Å². The molecule has 2 rings (SSSR count). The monoisotopic (exact) mass is 183 g/mol. The van der Waals surface area contributed by atoms with Crippen molar-refractivity contribution in [2.75, 3.05) is 19.7 Å². The van der Waals surface area contributed by atoms with Crippen LogP contribution in [0.5, 0.6) is 0 Å². The Labute approximate surface area is 81.0 Å². The maximum atomic E-state index is 5.90. The second kappa shape index (κ2) is 4.97. The maximum absolute atomic E-state index is 5.90. The van der Waals surface area contributed by atoms with Gasteiger partial charge in [0.25, 0.3) is 0 Å². The molecule has 0 aromatic rings. The minimum Gasteiger partial charge on any atom is -0.378 e. The summed E-state index contributed by atoms with van der Waals surface area (Å²) in [6.45, 7) is 3.38. The maximum Gasteiger partial charge on any atom is 0.0575 e. The molecule has 0 unspecified atom stereocenters. The summed E-state index contributed by atoms with van der Waals surface area (Å²) in [5.41, 5.74) is 0. The van der Waals surface area contributed by atoms with Crippen molar-refractivity contribution in [3.05, 3.63) is 0 Å². The van der Waals surface area contributed by atoms with E-state index in [0.717, 1.165) is 12.5 Å². The zero-order valence-corrected chi connectivity index (χ0v) is 8.43. The van der Waals surface area contributed by atoms with Crippen molar-refractivity contribution in [3.8, 4) is 0 Å². The molecule has 2 heteroatoms. The van der Waals surface area contributed by atoms with Gasteiger partial charge < -0.3 is 10.1 Å². The minimum absolute atomic E-state index is 0.599. The van der Waals surface area contributed by atoms with E-state index in [-0.39, 0.29) is 0 Å². The van der Waals surface area contributed by atoms with Gasteiger partial charge in [0.1, 0.15) is 0 Å². The molecule has 0 aromatic carbocycles. The van der Waals surface area contributed by atoms with Gasteiger partial charge in [0.2, 0.25) is 0 Å². The Kier molecular flexibility index (Phi) is 3.62. The van der Waals surface area contributed by atoms with Crippen LogP contribution in [0.2, 0.25) is 0 Å². The minimum atomic E-state index is 0.599. The van der Waals surface area contributed by atoms with Crippen LogP contribution < -0.4 is 5.32 Å². The van der Waals surface area contributed by atoms with E-state index in [9.17, 15) is 0 Å². The Bertz CT molecular complexity index is 137. The summed E-state index contributed by atoms with van der Waals surface area (Å²) in [4.78, 5) is 0. The van der Waals surface area contributed by atoms with E-state index in [1.54, 1.807) is 0 Å². The van der Waals surface area contributed by atoms with E-state index >= 15 is 0 Å². The molecule has 1 aliphatic carbocycles. The number of hydrogen-bond donors (Lipinski definition) is 1. The van der Waals surface area contributed by atoms with Crippen molar-refractivity contribution in [2.45, 2.75) is 44.6 Å². The largest absolute Gasteiger partial charge is 0.378 e. The van der Waals surface area contributed by atoms with Crippen LogP contribution in [0.25, 0.3) is 0 Å². The molecule has 76 valence electrons. The highest BCUT2D eigenvalue weighted by Crippen LogP contribution is 2.22. The SMILES string of the molecule is C1CCC(OC[C@H]2CCCNC2)C1. The van der Waals surface area contributed by atoms with Crippen LogP contribution in [0.4, 0.5) is 0 Å². The van der Waals surface area contributed by atoms with E-state index in [1.165, 1.54) is 51.6 Å². The van der Waals surface area contributed by atoms with Gasteiger partial charge in [-0.1, -0.05) is 12.8 Å². The smallest absolute Gasteiger partial charge is 0.0575 e. The van der Waals surface area contributed by atoms with Crippen LogP contribution in [0.3, 0.4) is 0 Å². The highest BCUT2D eigenvalue weighted by atomic mass is 16.5. The molecular formula is C11H21NO. The summed E-state index contributed by atoms with van der Waals surface area (Å²) < 4.78 is 5.90. The third kappa shape index (κ3) is 2.96. The zero-order valence-electron chi connectivity index (χ0n) is 8.43. The molecule has 1 saturated carbocycles. The summed E-state index contributed by atoms with van der Waals surface area (Å²) in [5.74, 6) is 0.786. The molecule has 13 heavy (non-hydrogen) atoms. The lowest BCUT2D eigenvalue weighted by molar-refractivity contribution is 0.0281. The molecular weight excluding hydrogens is 162 g/mol. The highest BCUT2D eigenvalue weighted by Gasteiger charge is 2.18. The normalized spacial score (nSPS) is 30.9. The molecule has 2 nitrogen and oxygen atoms in total. The molecule has 2 aliphatic rings. The second-order valence-electron chi connectivity index (χ2n) is 4.45. The van der Waals surface area contributed by atoms with E-state index in [4.69, 9.17) is 4.74 Å². The van der Waals surface area contributed by atoms with Gasteiger partial charge in [-0.05, 0) is 38.1 Å². The molecule has 1 saturated heterocycles. The van der Waals surface area contributed by atoms with Crippen LogP contribution >= 0.6 is 0 Å². The lowest BCUT2D eigenvalue weighted by atomic mass is 10.0. The van der Waals surface area contributed by atoms with Gasteiger partial charge in [0.05, 0.1) is 12.7 Å². The lowest BCUT2D eigenvalue weighted by Crippen LogP contribution is -2.33. The topological polar surface area (TPSA) is 21.3 Å². The Morgan fingerprint density at radius 3 is 2.62 bits per heavy atom. The molecule has 2 fully saturated rings. The van der Waals surface area contributed by atoms with Gasteiger partial charge in [-0.3, -0.25) is 0 Å². The van der Waals surface area contributed by atoms with Crippen molar-refractivity contribution in [2.24, 2.45) is 5.92 Å². The molecule has 1 heterocycles. The average molecular weight is 183 g/mol. The molecule has 0 aromatic heterocycles. The predicted octanol–water partition coefficient (Wildman–Crippen LogP) is 1.95. The predicted molar refractivity (Wildman–Crippen MR) is 53.8 cm³/mol. The Hall–Kier alpha value is -0.0800. The third-order valence-corrected chi connectivity index (χ3v) is 3.27. The number of hydrogen-bond acceptors (Lipinski definition) is 2. The molecule has 1 N–H and O–H groups in total. The Balaban J connectivity index is 1.60. The van der Waals surface area contributed by atoms with Gasteiger partial charge in [-0.2, -0.15) is 0 Å². The van der Waals surface area contributed by atoms with E-state index in [2.05, 4.69) is 5.32 Å². The first-order chi connectivity index (χ1) is 6.45. The van der Waals surface area contributed by atoms with Gasteiger partial charge in [0, 0.05) is 6.54 Å². The van der Waals surface area contributed by atoms with Crippen LogP contribution in [-0.2, 0) is 4.74 Å². The summed E-state index contributed by atoms with van der Waals surface area (Å²) in [7, 11) is 0.